The smallest absolute Gasteiger partial charge is 0.264 e. The van der Waals surface area contributed by atoms with Crippen LogP contribution in [-0.4, -0.2) is 20.8 Å². The Hall–Kier alpha value is -0.0900. The molecule has 0 spiro atoms. The molecule has 3 nitrogen and oxygen atoms in total. The van der Waals surface area contributed by atoms with Crippen LogP contribution in [0.4, 0.5) is 0 Å². The molecule has 0 aliphatic heterocycles. The van der Waals surface area contributed by atoms with Crippen molar-refractivity contribution in [3.63, 3.8) is 0 Å². The summed E-state index contributed by atoms with van der Waals surface area (Å²) >= 11 is 0. The Morgan fingerprint density at radius 1 is 1.25 bits per heavy atom. The van der Waals surface area contributed by atoms with Crippen molar-refractivity contribution in [2.24, 2.45) is 23.7 Å². The fourth-order valence-electron chi connectivity index (χ4n) is 3.35. The minimum atomic E-state index is -3.22. The largest absolute Gasteiger partial charge is 0.266 e. The number of hydrogen-bond donors (Lipinski definition) is 0. The molecule has 4 aliphatic carbocycles. The van der Waals surface area contributed by atoms with Gasteiger partial charge in [-0.15, -0.1) is 0 Å². The van der Waals surface area contributed by atoms with Gasteiger partial charge in [0.2, 0.25) is 0 Å². The lowest BCUT2D eigenvalue weighted by Gasteiger charge is -2.13. The number of hydrogen-bond acceptors (Lipinski definition) is 3. The lowest BCUT2D eigenvalue weighted by Crippen LogP contribution is -2.20. The van der Waals surface area contributed by atoms with Crippen LogP contribution in [0.2, 0.25) is 0 Å². The van der Waals surface area contributed by atoms with Crippen molar-refractivity contribution in [2.45, 2.75) is 18.9 Å². The van der Waals surface area contributed by atoms with E-state index >= 15 is 0 Å². The summed E-state index contributed by atoms with van der Waals surface area (Å²) < 4.78 is 26.9. The predicted octanol–water partition coefficient (Wildman–Crippen LogP) is 0.617. The van der Waals surface area contributed by atoms with Crippen molar-refractivity contribution in [3.8, 4) is 0 Å². The van der Waals surface area contributed by atoms with E-state index in [1.165, 1.54) is 12.8 Å². The van der Waals surface area contributed by atoms with Gasteiger partial charge in [-0.05, 0) is 36.5 Å². The highest BCUT2D eigenvalue weighted by molar-refractivity contribution is 7.86. The highest BCUT2D eigenvalue weighted by Crippen LogP contribution is 2.71. The molecule has 4 bridgehead atoms. The van der Waals surface area contributed by atoms with E-state index in [4.69, 9.17) is 4.18 Å². The van der Waals surface area contributed by atoms with Gasteiger partial charge in [-0.25, -0.2) is 0 Å². The van der Waals surface area contributed by atoms with Crippen molar-refractivity contribution in [1.29, 1.82) is 0 Å². The maximum absolute atomic E-state index is 10.9. The maximum atomic E-state index is 10.9. The second-order valence-corrected chi connectivity index (χ2v) is 6.00. The second kappa shape index (κ2) is 1.87. The standard InChI is InChI=1S/C8H12O3S/c1-12(9,10)11-8-4-2-5-6(3-4)7(5)8/h4-8H,2-3H2,1H3/t4?,5-,6?,7?,8+/m0/s1. The molecule has 0 radical (unpaired) electrons. The Labute approximate surface area is 72.2 Å². The minimum Gasteiger partial charge on any atom is -0.266 e. The molecule has 0 heterocycles. The van der Waals surface area contributed by atoms with Crippen LogP contribution in [0.5, 0.6) is 0 Å². The first kappa shape index (κ1) is 7.33. The first-order valence-corrected chi connectivity index (χ1v) is 6.26. The SMILES string of the molecule is CS(=O)(=O)O[C@@H]1C2CC3C1[C@H]3C2. The van der Waals surface area contributed by atoms with E-state index in [0.717, 1.165) is 18.1 Å². The van der Waals surface area contributed by atoms with Crippen LogP contribution in [0.25, 0.3) is 0 Å². The van der Waals surface area contributed by atoms with Crippen molar-refractivity contribution in [1.82, 2.24) is 0 Å². The summed E-state index contributed by atoms with van der Waals surface area (Å²) in [6.07, 6.45) is 3.64. The first-order chi connectivity index (χ1) is 5.56. The summed E-state index contributed by atoms with van der Waals surface area (Å²) in [5.41, 5.74) is 0. The summed E-state index contributed by atoms with van der Waals surface area (Å²) in [4.78, 5) is 0. The molecule has 0 aromatic carbocycles. The molecule has 12 heavy (non-hydrogen) atoms. The minimum absolute atomic E-state index is 0.0509. The topological polar surface area (TPSA) is 43.4 Å². The van der Waals surface area contributed by atoms with Crippen LogP contribution < -0.4 is 0 Å². The Morgan fingerprint density at radius 3 is 2.17 bits per heavy atom. The molecule has 0 aromatic heterocycles. The van der Waals surface area contributed by atoms with Gasteiger partial charge in [0, 0.05) is 0 Å². The predicted molar refractivity (Wildman–Crippen MR) is 42.9 cm³/mol. The monoisotopic (exact) mass is 188 g/mol. The highest BCUT2D eigenvalue weighted by Gasteiger charge is 2.69. The van der Waals surface area contributed by atoms with Crippen LogP contribution in [0.15, 0.2) is 0 Å². The Balaban J connectivity index is 1.81. The van der Waals surface area contributed by atoms with E-state index in [1.807, 2.05) is 0 Å². The lowest BCUT2D eigenvalue weighted by atomic mass is 10.1. The molecular formula is C8H12O3S. The van der Waals surface area contributed by atoms with E-state index in [0.29, 0.717) is 11.8 Å². The van der Waals surface area contributed by atoms with Gasteiger partial charge in [-0.3, -0.25) is 4.18 Å². The second-order valence-electron chi connectivity index (χ2n) is 4.40. The molecule has 4 heteroatoms. The molecule has 0 N–H and O–H groups in total. The van der Waals surface area contributed by atoms with Crippen LogP contribution in [0.1, 0.15) is 12.8 Å². The van der Waals surface area contributed by atoms with Crippen molar-refractivity contribution in [3.05, 3.63) is 0 Å². The van der Waals surface area contributed by atoms with Crippen LogP contribution in [0.3, 0.4) is 0 Å². The van der Waals surface area contributed by atoms with Crippen LogP contribution in [-0.2, 0) is 14.3 Å². The zero-order valence-corrected chi connectivity index (χ0v) is 7.75. The van der Waals surface area contributed by atoms with Gasteiger partial charge in [-0.1, -0.05) is 0 Å². The third-order valence-electron chi connectivity index (χ3n) is 3.68. The zero-order valence-electron chi connectivity index (χ0n) is 6.93. The Kier molecular flexibility index (Phi) is 1.14. The van der Waals surface area contributed by atoms with Crippen molar-refractivity contribution < 1.29 is 12.6 Å². The molecule has 0 saturated heterocycles. The molecule has 4 aliphatic rings. The van der Waals surface area contributed by atoms with E-state index in [9.17, 15) is 8.42 Å². The fraction of sp³-hybridized carbons (Fsp3) is 1.00. The first-order valence-electron chi connectivity index (χ1n) is 4.44. The summed E-state index contributed by atoms with van der Waals surface area (Å²) in [7, 11) is -3.22. The molecule has 0 aromatic rings. The molecule has 3 unspecified atom stereocenters. The van der Waals surface area contributed by atoms with Gasteiger partial charge in [-0.2, -0.15) is 8.42 Å². The lowest BCUT2D eigenvalue weighted by molar-refractivity contribution is 0.171. The van der Waals surface area contributed by atoms with Crippen molar-refractivity contribution in [2.75, 3.05) is 6.26 Å². The van der Waals surface area contributed by atoms with Gasteiger partial charge in [0.25, 0.3) is 10.1 Å². The molecule has 4 saturated carbocycles. The molecule has 4 rings (SSSR count). The fourth-order valence-corrected chi connectivity index (χ4v) is 4.04. The van der Waals surface area contributed by atoms with E-state index in [1.54, 1.807) is 0 Å². The quantitative estimate of drug-likeness (QED) is 0.596. The summed E-state index contributed by atoms with van der Waals surface area (Å²) in [5, 5.41) is 0. The summed E-state index contributed by atoms with van der Waals surface area (Å²) in [6.45, 7) is 0. The van der Waals surface area contributed by atoms with Gasteiger partial charge < -0.3 is 0 Å². The van der Waals surface area contributed by atoms with E-state index in [2.05, 4.69) is 0 Å². The Bertz CT molecular complexity index is 307. The van der Waals surface area contributed by atoms with E-state index in [-0.39, 0.29) is 6.10 Å². The maximum Gasteiger partial charge on any atom is 0.264 e. The Morgan fingerprint density at radius 2 is 1.83 bits per heavy atom. The molecule has 5 atom stereocenters. The summed E-state index contributed by atoms with van der Waals surface area (Å²) in [5.74, 6) is 2.80. The van der Waals surface area contributed by atoms with Gasteiger partial charge >= 0.3 is 0 Å². The molecular weight excluding hydrogens is 176 g/mol. The third kappa shape index (κ3) is 0.823. The van der Waals surface area contributed by atoms with E-state index < -0.39 is 10.1 Å². The summed E-state index contributed by atoms with van der Waals surface area (Å²) in [6, 6.07) is 0. The third-order valence-corrected chi connectivity index (χ3v) is 4.25. The van der Waals surface area contributed by atoms with Crippen LogP contribution >= 0.6 is 0 Å². The molecule has 0 amide bonds. The average Bonchev–Trinajstić information content (AvgIpc) is 2.31. The highest BCUT2D eigenvalue weighted by atomic mass is 32.2. The van der Waals surface area contributed by atoms with Gasteiger partial charge in [0.05, 0.1) is 12.4 Å². The molecule has 68 valence electrons. The van der Waals surface area contributed by atoms with Gasteiger partial charge in [0.15, 0.2) is 0 Å². The van der Waals surface area contributed by atoms with Crippen LogP contribution in [0, 0.1) is 23.7 Å². The van der Waals surface area contributed by atoms with Crippen molar-refractivity contribution >= 4 is 10.1 Å². The normalized spacial score (nSPS) is 54.6. The average molecular weight is 188 g/mol. The zero-order chi connectivity index (χ0) is 8.51. The number of rotatable bonds is 2. The molecule has 4 fully saturated rings. The van der Waals surface area contributed by atoms with Gasteiger partial charge in [0.1, 0.15) is 0 Å².